The molecule has 1 aromatic heterocycles. The van der Waals surface area contributed by atoms with Gasteiger partial charge in [-0.3, -0.25) is 9.59 Å². The highest BCUT2D eigenvalue weighted by Gasteiger charge is 2.35. The van der Waals surface area contributed by atoms with Crippen LogP contribution in [0.4, 0.5) is 0 Å². The molecule has 1 N–H and O–H groups in total. The van der Waals surface area contributed by atoms with E-state index in [2.05, 4.69) is 9.62 Å². The number of hydrogen-bond donors (Lipinski definition) is 1. The molecule has 2 aromatic rings. The number of likely N-dealkylation sites (tertiary alicyclic amines) is 2. The quantitative estimate of drug-likeness (QED) is 0.657. The van der Waals surface area contributed by atoms with Crippen molar-refractivity contribution in [1.82, 2.24) is 19.4 Å². The van der Waals surface area contributed by atoms with Crippen molar-refractivity contribution in [1.29, 1.82) is 0 Å². The third kappa shape index (κ3) is 4.94. The normalized spacial score (nSPS) is 22.3. The van der Waals surface area contributed by atoms with E-state index in [4.69, 9.17) is 11.6 Å². The Labute approximate surface area is 197 Å². The second-order valence-corrected chi connectivity index (χ2v) is 12.0. The van der Waals surface area contributed by atoms with Crippen molar-refractivity contribution in [3.05, 3.63) is 29.3 Å². The van der Waals surface area contributed by atoms with Crippen LogP contribution in [0.5, 0.6) is 0 Å². The molecule has 0 aliphatic carbocycles. The Bertz CT molecular complexity index is 1130. The largest absolute Gasteiger partial charge is 0.340 e. The standard InChI is InChI=1S/C21H27ClN4O4S2/c1-24(2)16-7-9-25(12-16)19(27)13-26-8-3-4-17(21(26)28)23-32(29,30)20-10-14-5-6-15(22)11-18(14)31-20/h5-6,10-11,16-17,23H,3-4,7-9,12-13H2,1-2H3. The van der Waals surface area contributed by atoms with E-state index in [1.807, 2.05) is 14.1 Å². The van der Waals surface area contributed by atoms with Gasteiger partial charge in [0.1, 0.15) is 10.3 Å². The summed E-state index contributed by atoms with van der Waals surface area (Å²) in [5, 5.41) is 1.32. The number of carbonyl (C=O) groups excluding carboxylic acids is 2. The minimum atomic E-state index is -3.87. The first-order valence-corrected chi connectivity index (χ1v) is 13.3. The summed E-state index contributed by atoms with van der Waals surface area (Å²) in [7, 11) is 0.115. The maximum Gasteiger partial charge on any atom is 0.250 e. The molecule has 2 amide bonds. The maximum absolute atomic E-state index is 13.0. The fourth-order valence-electron chi connectivity index (χ4n) is 4.22. The molecule has 2 saturated heterocycles. The topological polar surface area (TPSA) is 90.0 Å². The molecule has 0 radical (unpaired) electrons. The van der Waals surface area contributed by atoms with E-state index < -0.39 is 16.1 Å². The van der Waals surface area contributed by atoms with E-state index in [9.17, 15) is 18.0 Å². The van der Waals surface area contributed by atoms with Gasteiger partial charge in [0.05, 0.1) is 6.54 Å². The number of nitrogens with zero attached hydrogens (tertiary/aromatic N) is 3. The van der Waals surface area contributed by atoms with Crippen molar-refractivity contribution < 1.29 is 18.0 Å². The predicted octanol–water partition coefficient (Wildman–Crippen LogP) is 1.99. The van der Waals surface area contributed by atoms with Crippen LogP contribution in [-0.4, -0.2) is 87.3 Å². The van der Waals surface area contributed by atoms with Gasteiger partial charge >= 0.3 is 0 Å². The lowest BCUT2D eigenvalue weighted by Gasteiger charge is -2.33. The Morgan fingerprint density at radius 3 is 2.75 bits per heavy atom. The second-order valence-electron chi connectivity index (χ2n) is 8.57. The molecule has 1 aromatic carbocycles. The molecule has 2 aliphatic rings. The maximum atomic E-state index is 13.0. The number of amides is 2. The summed E-state index contributed by atoms with van der Waals surface area (Å²) >= 11 is 7.12. The van der Waals surface area contributed by atoms with Gasteiger partial charge < -0.3 is 14.7 Å². The van der Waals surface area contributed by atoms with Crippen LogP contribution in [0.15, 0.2) is 28.5 Å². The number of fused-ring (bicyclic) bond motifs is 1. The lowest BCUT2D eigenvalue weighted by molar-refractivity contribution is -0.142. The van der Waals surface area contributed by atoms with E-state index in [0.717, 1.165) is 27.8 Å². The van der Waals surface area contributed by atoms with Gasteiger partial charge in [0.15, 0.2) is 0 Å². The fourth-order valence-corrected chi connectivity index (χ4v) is 7.13. The molecule has 3 heterocycles. The van der Waals surface area contributed by atoms with Crippen molar-refractivity contribution in [2.45, 2.75) is 35.6 Å². The van der Waals surface area contributed by atoms with Crippen LogP contribution in [0, 0.1) is 0 Å². The van der Waals surface area contributed by atoms with Crippen LogP contribution in [-0.2, 0) is 19.6 Å². The van der Waals surface area contributed by atoms with Gasteiger partial charge in [0.25, 0.3) is 10.0 Å². The van der Waals surface area contributed by atoms with Gasteiger partial charge in [0.2, 0.25) is 11.8 Å². The molecule has 0 saturated carbocycles. The summed E-state index contributed by atoms with van der Waals surface area (Å²) < 4.78 is 29.4. The highest BCUT2D eigenvalue weighted by molar-refractivity contribution is 7.91. The summed E-state index contributed by atoms with van der Waals surface area (Å²) in [6.07, 6.45) is 1.95. The average Bonchev–Trinajstić information content (AvgIpc) is 3.38. The van der Waals surface area contributed by atoms with Crippen LogP contribution in [0.2, 0.25) is 5.02 Å². The number of halogens is 1. The summed E-state index contributed by atoms with van der Waals surface area (Å²) in [4.78, 5) is 31.1. The van der Waals surface area contributed by atoms with Gasteiger partial charge in [-0.25, -0.2) is 8.42 Å². The number of carbonyl (C=O) groups is 2. The van der Waals surface area contributed by atoms with Crippen LogP contribution in [0.25, 0.3) is 10.1 Å². The number of sulfonamides is 1. The zero-order valence-corrected chi connectivity index (χ0v) is 20.5. The number of nitrogens with one attached hydrogen (secondary N) is 1. The van der Waals surface area contributed by atoms with Gasteiger partial charge in [-0.1, -0.05) is 17.7 Å². The Balaban J connectivity index is 1.41. The Morgan fingerprint density at radius 2 is 2.03 bits per heavy atom. The number of rotatable bonds is 6. The molecular weight excluding hydrogens is 472 g/mol. The Morgan fingerprint density at radius 1 is 1.25 bits per heavy atom. The summed E-state index contributed by atoms with van der Waals surface area (Å²) in [5.41, 5.74) is 0. The van der Waals surface area contributed by atoms with Gasteiger partial charge in [0, 0.05) is 35.4 Å². The minimum absolute atomic E-state index is 0.0153. The highest BCUT2D eigenvalue weighted by atomic mass is 35.5. The molecular formula is C21H27ClN4O4S2. The second kappa shape index (κ2) is 9.26. The van der Waals surface area contributed by atoms with Crippen molar-refractivity contribution >= 4 is 54.9 Å². The van der Waals surface area contributed by atoms with Crippen molar-refractivity contribution in [2.24, 2.45) is 0 Å². The van der Waals surface area contributed by atoms with Gasteiger partial charge in [-0.05, 0) is 56.9 Å². The van der Waals surface area contributed by atoms with Crippen molar-refractivity contribution in [2.75, 3.05) is 40.3 Å². The molecule has 11 heteroatoms. The summed E-state index contributed by atoms with van der Waals surface area (Å²) in [6, 6.07) is 6.24. The SMILES string of the molecule is CN(C)C1CCN(C(=O)CN2CCCC(NS(=O)(=O)c3cc4ccc(Cl)cc4s3)C2=O)C1. The van der Waals surface area contributed by atoms with E-state index >= 15 is 0 Å². The lowest BCUT2D eigenvalue weighted by Crippen LogP contribution is -2.54. The molecule has 32 heavy (non-hydrogen) atoms. The molecule has 2 fully saturated rings. The molecule has 4 rings (SSSR count). The van der Waals surface area contributed by atoms with Crippen LogP contribution < -0.4 is 4.72 Å². The van der Waals surface area contributed by atoms with Gasteiger partial charge in [-0.2, -0.15) is 4.72 Å². The van der Waals surface area contributed by atoms with Crippen LogP contribution >= 0.6 is 22.9 Å². The molecule has 174 valence electrons. The average molecular weight is 499 g/mol. The molecule has 0 spiro atoms. The lowest BCUT2D eigenvalue weighted by atomic mass is 10.1. The fraction of sp³-hybridized carbons (Fsp3) is 0.524. The highest BCUT2D eigenvalue weighted by Crippen LogP contribution is 2.31. The number of hydrogen-bond acceptors (Lipinski definition) is 6. The van der Waals surface area contributed by atoms with E-state index in [1.54, 1.807) is 29.2 Å². The molecule has 8 nitrogen and oxygen atoms in total. The summed E-state index contributed by atoms with van der Waals surface area (Å²) in [5.74, 6) is -0.437. The van der Waals surface area contributed by atoms with E-state index in [-0.39, 0.29) is 22.6 Å². The first-order valence-electron chi connectivity index (χ1n) is 10.6. The predicted molar refractivity (Wildman–Crippen MR) is 125 cm³/mol. The third-order valence-electron chi connectivity index (χ3n) is 6.12. The van der Waals surface area contributed by atoms with Crippen molar-refractivity contribution in [3.63, 3.8) is 0 Å². The van der Waals surface area contributed by atoms with E-state index in [0.29, 0.717) is 43.5 Å². The number of thiophene rings is 1. The zero-order chi connectivity index (χ0) is 23.0. The van der Waals surface area contributed by atoms with Crippen LogP contribution in [0.1, 0.15) is 19.3 Å². The van der Waals surface area contributed by atoms with Gasteiger partial charge in [-0.15, -0.1) is 11.3 Å². The third-order valence-corrected chi connectivity index (χ3v) is 9.40. The van der Waals surface area contributed by atoms with E-state index in [1.165, 1.54) is 4.90 Å². The number of benzene rings is 1. The summed E-state index contributed by atoms with van der Waals surface area (Å²) in [6.45, 7) is 1.77. The number of piperidine rings is 1. The van der Waals surface area contributed by atoms with Crippen LogP contribution in [0.3, 0.4) is 0 Å². The molecule has 0 bridgehead atoms. The monoisotopic (exact) mass is 498 g/mol. The Hall–Kier alpha value is -1.72. The first-order chi connectivity index (χ1) is 15.1. The Kier molecular flexibility index (Phi) is 6.78. The first kappa shape index (κ1) is 23.4. The number of likely N-dealkylation sites (N-methyl/N-ethyl adjacent to an activating group) is 1. The minimum Gasteiger partial charge on any atom is -0.340 e. The molecule has 2 unspecified atom stereocenters. The zero-order valence-electron chi connectivity index (χ0n) is 18.1. The molecule has 2 aliphatic heterocycles. The smallest absolute Gasteiger partial charge is 0.250 e. The molecule has 2 atom stereocenters. The van der Waals surface area contributed by atoms with Crippen molar-refractivity contribution in [3.8, 4) is 0 Å².